The van der Waals surface area contributed by atoms with Crippen molar-refractivity contribution >= 4 is 44.4 Å². The summed E-state index contributed by atoms with van der Waals surface area (Å²) in [5, 5.41) is 12.4. The fourth-order valence-electron chi connectivity index (χ4n) is 4.97. The number of imidazole rings is 1. The zero-order chi connectivity index (χ0) is 29.1. The second-order valence-corrected chi connectivity index (χ2v) is 11.3. The number of thiophene rings is 1. The number of rotatable bonds is 10. The van der Waals surface area contributed by atoms with Crippen molar-refractivity contribution in [1.82, 2.24) is 30.5 Å². The molecule has 2 aromatic carbocycles. The van der Waals surface area contributed by atoms with Crippen molar-refractivity contribution in [3.63, 3.8) is 0 Å². The summed E-state index contributed by atoms with van der Waals surface area (Å²) in [4.78, 5) is 15.2. The number of aromatic nitrogens is 5. The number of pyridine rings is 1. The van der Waals surface area contributed by atoms with E-state index in [4.69, 9.17) is 4.98 Å². The molecule has 0 saturated heterocycles. The van der Waals surface area contributed by atoms with Crippen LogP contribution in [0.1, 0.15) is 29.9 Å². The third kappa shape index (κ3) is 5.52. The maximum atomic E-state index is 5.01. The Morgan fingerprint density at radius 2 is 1.90 bits per heavy atom. The normalized spacial score (nSPS) is 12.3. The van der Waals surface area contributed by atoms with E-state index in [1.165, 1.54) is 5.56 Å². The average Bonchev–Trinajstić information content (AvgIpc) is 3.77. The van der Waals surface area contributed by atoms with Crippen LogP contribution >= 0.6 is 11.3 Å². The molecule has 0 aliphatic heterocycles. The van der Waals surface area contributed by atoms with Gasteiger partial charge in [0.25, 0.3) is 0 Å². The van der Waals surface area contributed by atoms with Gasteiger partial charge < -0.3 is 10.3 Å². The Balaban J connectivity index is 1.30. The van der Waals surface area contributed by atoms with Crippen molar-refractivity contribution in [1.29, 1.82) is 0 Å². The smallest absolute Gasteiger partial charge is 0.159 e. The van der Waals surface area contributed by atoms with E-state index in [0.717, 1.165) is 78.3 Å². The van der Waals surface area contributed by atoms with Crippen LogP contribution in [0.5, 0.6) is 0 Å². The van der Waals surface area contributed by atoms with E-state index in [-0.39, 0.29) is 0 Å². The number of aromatic amines is 2. The molecule has 0 saturated carbocycles. The van der Waals surface area contributed by atoms with E-state index in [1.807, 2.05) is 31.5 Å². The molecule has 0 radical (unpaired) electrons. The zero-order valence-electron chi connectivity index (χ0n) is 23.7. The fraction of sp³-hybridized carbons (Fsp3) is 0.114. The second-order valence-electron chi connectivity index (χ2n) is 10.2. The molecule has 6 nitrogen and oxygen atoms in total. The van der Waals surface area contributed by atoms with Crippen LogP contribution in [0, 0.1) is 0 Å². The Hall–Kier alpha value is -4.85. The quantitative estimate of drug-likeness (QED) is 0.145. The van der Waals surface area contributed by atoms with Gasteiger partial charge in [0.2, 0.25) is 0 Å². The molecule has 0 fully saturated rings. The van der Waals surface area contributed by atoms with Gasteiger partial charge in [0.15, 0.2) is 5.82 Å². The summed E-state index contributed by atoms with van der Waals surface area (Å²) >= 11 is 1.70. The lowest BCUT2D eigenvalue weighted by Gasteiger charge is -2.09. The summed E-state index contributed by atoms with van der Waals surface area (Å²) in [7, 11) is 0. The lowest BCUT2D eigenvalue weighted by Crippen LogP contribution is -2.15. The van der Waals surface area contributed by atoms with Crippen molar-refractivity contribution in [2.75, 3.05) is 6.54 Å². The highest BCUT2D eigenvalue weighted by molar-refractivity contribution is 7.16. The highest BCUT2D eigenvalue weighted by Gasteiger charge is 2.17. The maximum Gasteiger partial charge on any atom is 0.159 e. The number of nitrogens with zero attached hydrogens (tertiary/aromatic N) is 3. The zero-order valence-corrected chi connectivity index (χ0v) is 24.6. The Labute approximate surface area is 249 Å². The van der Waals surface area contributed by atoms with Gasteiger partial charge in [-0.25, -0.2) is 4.98 Å². The van der Waals surface area contributed by atoms with Gasteiger partial charge in [0, 0.05) is 40.0 Å². The van der Waals surface area contributed by atoms with Crippen LogP contribution in [-0.4, -0.2) is 31.7 Å². The molecule has 6 rings (SSSR count). The number of fused-ring (bicyclic) bond motifs is 2. The number of hydrogen-bond donors (Lipinski definition) is 3. The number of H-pyrrole nitrogens is 2. The molecule has 0 spiro atoms. The topological polar surface area (TPSA) is 82.3 Å². The Kier molecular flexibility index (Phi) is 7.77. The Morgan fingerprint density at radius 1 is 1.05 bits per heavy atom. The molecule has 0 aliphatic rings. The summed E-state index contributed by atoms with van der Waals surface area (Å²) < 4.78 is 0. The number of benzene rings is 2. The lowest BCUT2D eigenvalue weighted by molar-refractivity contribution is 0.747. The highest BCUT2D eigenvalue weighted by atomic mass is 32.1. The fourth-order valence-corrected chi connectivity index (χ4v) is 5.92. The van der Waals surface area contributed by atoms with Crippen molar-refractivity contribution < 1.29 is 0 Å². The van der Waals surface area contributed by atoms with Crippen LogP contribution in [0.15, 0.2) is 110 Å². The van der Waals surface area contributed by atoms with Crippen molar-refractivity contribution in [2.45, 2.75) is 20.4 Å². The standard InChI is InChI=1S/C35H32N6S/c1-5-23(18-36-19-24-10-8-7-9-11-24)16-25(6-2)26-12-13-29-27(17-26)34(41-40-29)35-38-30-21-37-20-28(33(30)39-35)32-15-14-31(42-32)22(3)4/h5-17,20-21,36H,1,3,18-19H2,2,4H3,(H,38,39)(H,40,41)/b23-16+,25-6+. The Morgan fingerprint density at radius 3 is 2.67 bits per heavy atom. The van der Waals surface area contributed by atoms with Gasteiger partial charge in [-0.1, -0.05) is 67.8 Å². The molecular formula is C35H32N6S. The van der Waals surface area contributed by atoms with E-state index in [1.54, 1.807) is 11.3 Å². The van der Waals surface area contributed by atoms with Crippen molar-refractivity contribution in [3.05, 3.63) is 126 Å². The van der Waals surface area contributed by atoms with Crippen LogP contribution in [0.4, 0.5) is 0 Å². The molecule has 0 amide bonds. The summed E-state index contributed by atoms with van der Waals surface area (Å²) in [6.07, 6.45) is 9.91. The van der Waals surface area contributed by atoms with Crippen LogP contribution < -0.4 is 5.32 Å². The molecule has 6 aromatic rings. The van der Waals surface area contributed by atoms with E-state index in [9.17, 15) is 0 Å². The van der Waals surface area contributed by atoms with Crippen LogP contribution in [-0.2, 0) is 6.54 Å². The first kappa shape index (κ1) is 27.3. The summed E-state index contributed by atoms with van der Waals surface area (Å²) in [5.74, 6) is 0.703. The molecule has 0 aliphatic carbocycles. The third-order valence-corrected chi connectivity index (χ3v) is 8.50. The molecule has 3 N–H and O–H groups in total. The largest absolute Gasteiger partial charge is 0.335 e. The first-order chi connectivity index (χ1) is 20.5. The minimum absolute atomic E-state index is 0.703. The number of nitrogens with one attached hydrogen (secondary N) is 3. The van der Waals surface area contributed by atoms with E-state index >= 15 is 0 Å². The van der Waals surface area contributed by atoms with E-state index in [2.05, 4.69) is 112 Å². The minimum atomic E-state index is 0.703. The molecule has 7 heteroatoms. The molecule has 42 heavy (non-hydrogen) atoms. The van der Waals surface area contributed by atoms with Crippen LogP contribution in [0.3, 0.4) is 0 Å². The van der Waals surface area contributed by atoms with Crippen molar-refractivity contribution in [3.8, 4) is 22.0 Å². The van der Waals surface area contributed by atoms with Gasteiger partial charge in [-0.2, -0.15) is 5.10 Å². The molecule has 0 atom stereocenters. The predicted octanol–water partition coefficient (Wildman–Crippen LogP) is 8.57. The molecular weight excluding hydrogens is 536 g/mol. The highest BCUT2D eigenvalue weighted by Crippen LogP contribution is 2.36. The van der Waals surface area contributed by atoms with Crippen LogP contribution in [0.25, 0.3) is 55.0 Å². The molecule has 0 unspecified atom stereocenters. The van der Waals surface area contributed by atoms with Gasteiger partial charge in [-0.3, -0.25) is 10.1 Å². The van der Waals surface area contributed by atoms with Crippen molar-refractivity contribution in [2.24, 2.45) is 0 Å². The predicted molar refractivity (Wildman–Crippen MR) is 177 cm³/mol. The van der Waals surface area contributed by atoms with Gasteiger partial charge >= 0.3 is 0 Å². The summed E-state index contributed by atoms with van der Waals surface area (Å²) in [6, 6.07) is 21.0. The molecule has 0 bridgehead atoms. The third-order valence-electron chi connectivity index (χ3n) is 7.22. The SMILES string of the molecule is C=C/C(=C\C(=C/C)c1ccc2[nH]nc(-c3nc4c(-c5ccc(C(=C)C)s5)cncc4[nH]3)c2c1)CNCc1ccccc1. The maximum absolute atomic E-state index is 5.01. The number of hydrogen-bond acceptors (Lipinski definition) is 5. The van der Waals surface area contributed by atoms with E-state index in [0.29, 0.717) is 5.82 Å². The van der Waals surface area contributed by atoms with Crippen LogP contribution in [0.2, 0.25) is 0 Å². The minimum Gasteiger partial charge on any atom is -0.335 e. The number of allylic oxidation sites excluding steroid dienone is 4. The molecule has 4 heterocycles. The summed E-state index contributed by atoms with van der Waals surface area (Å²) in [6.45, 7) is 13.7. The first-order valence-corrected chi connectivity index (χ1v) is 14.7. The molecule has 4 aromatic heterocycles. The average molecular weight is 569 g/mol. The van der Waals surface area contributed by atoms with E-state index < -0.39 is 0 Å². The Bertz CT molecular complexity index is 1970. The monoisotopic (exact) mass is 568 g/mol. The van der Waals surface area contributed by atoms with Gasteiger partial charge in [-0.05, 0) is 66.0 Å². The first-order valence-electron chi connectivity index (χ1n) is 13.9. The van der Waals surface area contributed by atoms with Gasteiger partial charge in [0.1, 0.15) is 11.2 Å². The van der Waals surface area contributed by atoms with Gasteiger partial charge in [-0.15, -0.1) is 11.3 Å². The second kappa shape index (κ2) is 11.9. The molecule has 208 valence electrons. The van der Waals surface area contributed by atoms with Gasteiger partial charge in [0.05, 0.1) is 17.2 Å². The summed E-state index contributed by atoms with van der Waals surface area (Å²) in [5.41, 5.74) is 10.1. The lowest BCUT2D eigenvalue weighted by atomic mass is 10.00.